The summed E-state index contributed by atoms with van der Waals surface area (Å²) in [7, 11) is 0. The Morgan fingerprint density at radius 2 is 1.80 bits per heavy atom. The normalized spacial score (nSPS) is 11.1. The molecule has 0 spiro atoms. The molecule has 0 bridgehead atoms. The number of carbonyl (C=O) groups excluding carboxylic acids is 1. The number of nitrogens with zero attached hydrogens (tertiary/aromatic N) is 1. The second kappa shape index (κ2) is 7.01. The fourth-order valence-corrected chi connectivity index (χ4v) is 3.16. The van der Waals surface area contributed by atoms with Crippen LogP contribution in [0.1, 0.15) is 36.9 Å². The highest BCUT2D eigenvalue weighted by Gasteiger charge is 2.17. The maximum absolute atomic E-state index is 12.6. The molecule has 3 rings (SSSR count). The van der Waals surface area contributed by atoms with Crippen LogP contribution in [0, 0.1) is 6.92 Å². The van der Waals surface area contributed by atoms with E-state index in [1.165, 1.54) is 0 Å². The van der Waals surface area contributed by atoms with E-state index in [-0.39, 0.29) is 5.91 Å². The summed E-state index contributed by atoms with van der Waals surface area (Å²) in [6.45, 7) is 9.33. The molecule has 1 heterocycles. The van der Waals surface area contributed by atoms with Gasteiger partial charge in [-0.1, -0.05) is 18.2 Å². The third kappa shape index (κ3) is 3.38. The van der Waals surface area contributed by atoms with Gasteiger partial charge < -0.3 is 14.6 Å². The Kier molecular flexibility index (Phi) is 4.79. The molecule has 0 aliphatic rings. The van der Waals surface area contributed by atoms with Crippen molar-refractivity contribution in [2.24, 2.45) is 0 Å². The molecule has 0 radical (unpaired) electrons. The number of anilines is 2. The van der Waals surface area contributed by atoms with E-state index in [2.05, 4.69) is 31.0 Å². The molecule has 0 unspecified atom stereocenters. The molecule has 4 heteroatoms. The minimum atomic E-state index is -0.224. The summed E-state index contributed by atoms with van der Waals surface area (Å²) in [5, 5.41) is 3.89. The van der Waals surface area contributed by atoms with Crippen LogP contribution in [0.25, 0.3) is 11.0 Å². The SMILES string of the molecule is CCN(c1ccc(NC(=O)c2oc3ccccc3c2C)cc1)C(C)C. The minimum Gasteiger partial charge on any atom is -0.451 e. The molecular formula is C21H24N2O2. The molecule has 0 aliphatic carbocycles. The Morgan fingerprint density at radius 1 is 1.12 bits per heavy atom. The molecule has 0 saturated carbocycles. The van der Waals surface area contributed by atoms with Gasteiger partial charge in [0.25, 0.3) is 5.91 Å². The molecule has 25 heavy (non-hydrogen) atoms. The number of carbonyl (C=O) groups is 1. The fourth-order valence-electron chi connectivity index (χ4n) is 3.16. The standard InChI is InChI=1S/C21H24N2O2/c1-5-23(14(2)3)17-12-10-16(11-13-17)22-21(24)20-15(4)18-8-6-7-9-19(18)25-20/h6-14H,5H2,1-4H3,(H,22,24). The van der Waals surface area contributed by atoms with Gasteiger partial charge in [-0.15, -0.1) is 0 Å². The van der Waals surface area contributed by atoms with Crippen LogP contribution in [0.15, 0.2) is 52.9 Å². The van der Waals surface area contributed by atoms with Crippen molar-refractivity contribution in [3.8, 4) is 0 Å². The Morgan fingerprint density at radius 3 is 2.40 bits per heavy atom. The van der Waals surface area contributed by atoms with Crippen LogP contribution in [-0.4, -0.2) is 18.5 Å². The zero-order valence-corrected chi connectivity index (χ0v) is 15.2. The summed E-state index contributed by atoms with van der Waals surface area (Å²) in [6, 6.07) is 16.0. The molecule has 0 aliphatic heterocycles. The topological polar surface area (TPSA) is 45.5 Å². The van der Waals surface area contributed by atoms with E-state index in [4.69, 9.17) is 4.42 Å². The second-order valence-corrected chi connectivity index (χ2v) is 6.43. The zero-order chi connectivity index (χ0) is 18.0. The number of fused-ring (bicyclic) bond motifs is 1. The van der Waals surface area contributed by atoms with E-state index >= 15 is 0 Å². The minimum absolute atomic E-state index is 0.224. The first kappa shape index (κ1) is 17.1. The molecule has 1 N–H and O–H groups in total. The fraction of sp³-hybridized carbons (Fsp3) is 0.286. The Bertz CT molecular complexity index is 879. The van der Waals surface area contributed by atoms with Crippen LogP contribution >= 0.6 is 0 Å². The van der Waals surface area contributed by atoms with Gasteiger partial charge in [0.2, 0.25) is 0 Å². The van der Waals surface area contributed by atoms with E-state index in [1.807, 2.05) is 55.5 Å². The molecule has 4 nitrogen and oxygen atoms in total. The van der Waals surface area contributed by atoms with E-state index in [0.717, 1.165) is 34.5 Å². The number of hydrogen-bond acceptors (Lipinski definition) is 3. The van der Waals surface area contributed by atoms with Crippen molar-refractivity contribution in [1.82, 2.24) is 0 Å². The van der Waals surface area contributed by atoms with E-state index in [0.29, 0.717) is 11.8 Å². The summed E-state index contributed by atoms with van der Waals surface area (Å²) in [4.78, 5) is 14.9. The lowest BCUT2D eigenvalue weighted by Gasteiger charge is -2.27. The van der Waals surface area contributed by atoms with Gasteiger partial charge in [-0.2, -0.15) is 0 Å². The molecular weight excluding hydrogens is 312 g/mol. The highest BCUT2D eigenvalue weighted by Crippen LogP contribution is 2.26. The molecule has 0 fully saturated rings. The van der Waals surface area contributed by atoms with Gasteiger partial charge >= 0.3 is 0 Å². The lowest BCUT2D eigenvalue weighted by atomic mass is 10.1. The van der Waals surface area contributed by atoms with Crippen LogP contribution in [0.5, 0.6) is 0 Å². The molecule has 2 aromatic carbocycles. The van der Waals surface area contributed by atoms with E-state index in [1.54, 1.807) is 0 Å². The van der Waals surface area contributed by atoms with Crippen LogP contribution in [0.4, 0.5) is 11.4 Å². The second-order valence-electron chi connectivity index (χ2n) is 6.43. The van der Waals surface area contributed by atoms with Crippen molar-refractivity contribution in [1.29, 1.82) is 0 Å². The average Bonchev–Trinajstić information content (AvgIpc) is 2.94. The van der Waals surface area contributed by atoms with Crippen LogP contribution in [0.3, 0.4) is 0 Å². The first-order valence-electron chi connectivity index (χ1n) is 8.67. The molecule has 0 atom stereocenters. The third-order valence-electron chi connectivity index (χ3n) is 4.47. The van der Waals surface area contributed by atoms with Gasteiger partial charge in [0.15, 0.2) is 5.76 Å². The van der Waals surface area contributed by atoms with Gasteiger partial charge in [-0.25, -0.2) is 0 Å². The smallest absolute Gasteiger partial charge is 0.291 e. The first-order valence-corrected chi connectivity index (χ1v) is 8.67. The predicted octanol–water partition coefficient (Wildman–Crippen LogP) is 5.23. The van der Waals surface area contributed by atoms with E-state index in [9.17, 15) is 4.79 Å². The number of furan rings is 1. The zero-order valence-electron chi connectivity index (χ0n) is 15.2. The Balaban J connectivity index is 1.79. The highest BCUT2D eigenvalue weighted by molar-refractivity contribution is 6.06. The number of hydrogen-bond donors (Lipinski definition) is 1. The van der Waals surface area contributed by atoms with Crippen LogP contribution in [0.2, 0.25) is 0 Å². The summed E-state index contributed by atoms with van der Waals surface area (Å²) in [6.07, 6.45) is 0. The Hall–Kier alpha value is -2.75. The lowest BCUT2D eigenvalue weighted by Crippen LogP contribution is -2.30. The van der Waals surface area contributed by atoms with Gasteiger partial charge in [0.05, 0.1) is 0 Å². The van der Waals surface area contributed by atoms with Crippen molar-refractivity contribution >= 4 is 28.3 Å². The third-order valence-corrected chi connectivity index (χ3v) is 4.47. The molecule has 3 aromatic rings. The van der Waals surface area contributed by atoms with Gasteiger partial charge in [-0.05, 0) is 58.0 Å². The van der Waals surface area contributed by atoms with Crippen LogP contribution in [-0.2, 0) is 0 Å². The maximum Gasteiger partial charge on any atom is 0.291 e. The maximum atomic E-state index is 12.6. The number of benzene rings is 2. The van der Waals surface area contributed by atoms with Crippen molar-refractivity contribution in [3.63, 3.8) is 0 Å². The highest BCUT2D eigenvalue weighted by atomic mass is 16.3. The molecule has 1 aromatic heterocycles. The van der Waals surface area contributed by atoms with Crippen LogP contribution < -0.4 is 10.2 Å². The number of para-hydroxylation sites is 1. The Labute approximate surface area is 148 Å². The van der Waals surface area contributed by atoms with Gasteiger partial charge in [-0.3, -0.25) is 4.79 Å². The quantitative estimate of drug-likeness (QED) is 0.694. The largest absolute Gasteiger partial charge is 0.451 e. The molecule has 130 valence electrons. The predicted molar refractivity (Wildman–Crippen MR) is 104 cm³/mol. The summed E-state index contributed by atoms with van der Waals surface area (Å²) in [5.74, 6) is 0.139. The average molecular weight is 336 g/mol. The number of amides is 1. The van der Waals surface area contributed by atoms with Crippen molar-refractivity contribution in [3.05, 3.63) is 59.9 Å². The molecule has 0 saturated heterocycles. The summed E-state index contributed by atoms with van der Waals surface area (Å²) in [5.41, 5.74) is 3.50. The van der Waals surface area contributed by atoms with Crippen molar-refractivity contribution in [2.45, 2.75) is 33.7 Å². The lowest BCUT2D eigenvalue weighted by molar-refractivity contribution is 0.0998. The first-order chi connectivity index (χ1) is 12.0. The molecule has 1 amide bonds. The summed E-state index contributed by atoms with van der Waals surface area (Å²) < 4.78 is 5.72. The van der Waals surface area contributed by atoms with Crippen molar-refractivity contribution < 1.29 is 9.21 Å². The number of aryl methyl sites for hydroxylation is 1. The van der Waals surface area contributed by atoms with Crippen molar-refractivity contribution in [2.75, 3.05) is 16.8 Å². The van der Waals surface area contributed by atoms with E-state index < -0.39 is 0 Å². The summed E-state index contributed by atoms with van der Waals surface area (Å²) >= 11 is 0. The van der Waals surface area contributed by atoms with Gasteiger partial charge in [0, 0.05) is 34.9 Å². The monoisotopic (exact) mass is 336 g/mol. The number of nitrogens with one attached hydrogen (secondary N) is 1. The van der Waals surface area contributed by atoms with Gasteiger partial charge in [0.1, 0.15) is 5.58 Å². The number of rotatable bonds is 5.